The highest BCUT2D eigenvalue weighted by molar-refractivity contribution is 6.30. The Hall–Kier alpha value is -2.91. The molecule has 2 amide bonds. The van der Waals surface area contributed by atoms with Gasteiger partial charge in [0.15, 0.2) is 5.75 Å². The lowest BCUT2D eigenvalue weighted by Crippen LogP contribution is -2.40. The van der Waals surface area contributed by atoms with E-state index in [9.17, 15) is 29.0 Å². The maximum absolute atomic E-state index is 13.6. The van der Waals surface area contributed by atoms with E-state index in [0.717, 1.165) is 12.8 Å². The Morgan fingerprint density at radius 3 is 2.56 bits per heavy atom. The normalized spacial score (nSPS) is 25.6. The van der Waals surface area contributed by atoms with Crippen molar-refractivity contribution in [3.8, 4) is 5.75 Å². The maximum atomic E-state index is 13.6. The molecule has 1 unspecified atom stereocenters. The SMILES string of the molecule is O=C1c2c(c3n(c(=O)c2O)C(C2CC2)N([C@@H]2C[C@@H]2CO)C3=O)CCN1Cc1ccc(F)c(Cl)c1. The molecular formula is C24H23ClFN3O5. The summed E-state index contributed by atoms with van der Waals surface area (Å²) in [5, 5.41) is 20.4. The highest BCUT2D eigenvalue weighted by Gasteiger charge is 2.56. The van der Waals surface area contributed by atoms with Gasteiger partial charge in [0.2, 0.25) is 0 Å². The molecule has 8 nitrogen and oxygen atoms in total. The second kappa shape index (κ2) is 7.55. The molecule has 10 heteroatoms. The fourth-order valence-corrected chi connectivity index (χ4v) is 5.72. The van der Waals surface area contributed by atoms with Crippen LogP contribution in [0.2, 0.25) is 5.02 Å². The number of hydrogen-bond donors (Lipinski definition) is 2. The number of aliphatic hydroxyl groups excluding tert-OH is 1. The van der Waals surface area contributed by atoms with E-state index < -0.39 is 29.2 Å². The summed E-state index contributed by atoms with van der Waals surface area (Å²) in [6, 6.07) is 4.04. The number of aromatic hydroxyl groups is 1. The van der Waals surface area contributed by atoms with Crippen LogP contribution < -0.4 is 5.56 Å². The molecule has 0 saturated heterocycles. The number of carbonyl (C=O) groups excluding carboxylic acids is 2. The lowest BCUT2D eigenvalue weighted by Gasteiger charge is -2.30. The summed E-state index contributed by atoms with van der Waals surface area (Å²) >= 11 is 5.86. The summed E-state index contributed by atoms with van der Waals surface area (Å²) < 4.78 is 14.9. The molecule has 34 heavy (non-hydrogen) atoms. The molecule has 2 aromatic rings. The van der Waals surface area contributed by atoms with Crippen molar-refractivity contribution in [3.05, 3.63) is 61.8 Å². The minimum absolute atomic E-state index is 0.0145. The minimum atomic E-state index is -0.734. The van der Waals surface area contributed by atoms with Crippen LogP contribution in [0.25, 0.3) is 0 Å². The van der Waals surface area contributed by atoms with Crippen LogP contribution in [0, 0.1) is 17.7 Å². The molecule has 1 aromatic heterocycles. The van der Waals surface area contributed by atoms with Crippen molar-refractivity contribution in [2.75, 3.05) is 13.2 Å². The van der Waals surface area contributed by atoms with Gasteiger partial charge in [0.05, 0.1) is 10.6 Å². The van der Waals surface area contributed by atoms with Crippen molar-refractivity contribution >= 4 is 23.4 Å². The number of rotatable bonds is 5. The van der Waals surface area contributed by atoms with Crippen LogP contribution in [-0.2, 0) is 13.0 Å². The monoisotopic (exact) mass is 487 g/mol. The van der Waals surface area contributed by atoms with Gasteiger partial charge < -0.3 is 20.0 Å². The Labute approximate surface area is 199 Å². The van der Waals surface area contributed by atoms with Crippen LogP contribution in [0.1, 0.15) is 57.4 Å². The van der Waals surface area contributed by atoms with E-state index in [1.54, 1.807) is 4.90 Å². The highest BCUT2D eigenvalue weighted by Crippen LogP contribution is 2.51. The predicted molar refractivity (Wildman–Crippen MR) is 119 cm³/mol. The molecule has 0 bridgehead atoms. The van der Waals surface area contributed by atoms with Crippen LogP contribution >= 0.6 is 11.6 Å². The average molecular weight is 488 g/mol. The summed E-state index contributed by atoms with van der Waals surface area (Å²) in [4.78, 5) is 43.4. The summed E-state index contributed by atoms with van der Waals surface area (Å²) in [5.41, 5.74) is 0.337. The number of aromatic nitrogens is 1. The third-order valence-corrected chi connectivity index (χ3v) is 7.77. The second-order valence-corrected chi connectivity index (χ2v) is 10.1. The first-order valence-corrected chi connectivity index (χ1v) is 11.9. The number of amides is 2. The molecule has 3 atom stereocenters. The molecule has 2 N–H and O–H groups in total. The van der Waals surface area contributed by atoms with Gasteiger partial charge >= 0.3 is 0 Å². The largest absolute Gasteiger partial charge is 0.502 e. The number of carbonyl (C=O) groups is 2. The molecule has 2 aliphatic carbocycles. The van der Waals surface area contributed by atoms with Crippen molar-refractivity contribution in [3.63, 3.8) is 0 Å². The van der Waals surface area contributed by atoms with E-state index in [1.807, 2.05) is 0 Å². The van der Waals surface area contributed by atoms with Crippen LogP contribution in [0.3, 0.4) is 0 Å². The van der Waals surface area contributed by atoms with Crippen molar-refractivity contribution in [1.82, 2.24) is 14.4 Å². The van der Waals surface area contributed by atoms with Gasteiger partial charge in [-0.3, -0.25) is 19.0 Å². The minimum Gasteiger partial charge on any atom is -0.502 e. The van der Waals surface area contributed by atoms with E-state index >= 15 is 0 Å². The summed E-state index contributed by atoms with van der Waals surface area (Å²) in [5.74, 6) is -1.94. The summed E-state index contributed by atoms with van der Waals surface area (Å²) in [6.07, 6.45) is 2.24. The molecule has 1 aromatic carbocycles. The molecule has 2 fully saturated rings. The third-order valence-electron chi connectivity index (χ3n) is 7.48. The van der Waals surface area contributed by atoms with Gasteiger partial charge in [-0.2, -0.15) is 0 Å². The Bertz CT molecular complexity index is 1310. The first-order chi connectivity index (χ1) is 16.3. The zero-order chi connectivity index (χ0) is 23.9. The van der Waals surface area contributed by atoms with Gasteiger partial charge in [0.1, 0.15) is 17.7 Å². The topological polar surface area (TPSA) is 103 Å². The van der Waals surface area contributed by atoms with Crippen molar-refractivity contribution in [1.29, 1.82) is 0 Å². The lowest BCUT2D eigenvalue weighted by molar-refractivity contribution is 0.0618. The van der Waals surface area contributed by atoms with Crippen LogP contribution in [0.4, 0.5) is 4.39 Å². The number of halogens is 2. The standard InChI is InChI=1S/C24H23ClFN3O5/c25-15-7-11(1-4-16(15)26)9-27-6-5-14-18(22(27)32)20(31)24(34)29-19(14)23(33)28(17-8-13(17)10-30)21(29)12-2-3-12/h1,4,7,12-13,17,21,30-31H,2-3,5-6,8-10H2/t13-,17-,21?/m1/s1. The smallest absolute Gasteiger partial charge is 0.295 e. The van der Waals surface area contributed by atoms with E-state index in [1.165, 1.54) is 27.7 Å². The van der Waals surface area contributed by atoms with E-state index in [2.05, 4.69) is 0 Å². The molecule has 4 aliphatic rings. The number of fused-ring (bicyclic) bond motifs is 3. The van der Waals surface area contributed by atoms with Gasteiger partial charge in [-0.1, -0.05) is 17.7 Å². The van der Waals surface area contributed by atoms with Crippen molar-refractivity contribution < 1.29 is 24.2 Å². The number of hydrogen-bond acceptors (Lipinski definition) is 5. The molecular weight excluding hydrogens is 465 g/mol. The number of pyridine rings is 1. The van der Waals surface area contributed by atoms with Gasteiger partial charge in [0, 0.05) is 37.2 Å². The summed E-state index contributed by atoms with van der Waals surface area (Å²) in [7, 11) is 0. The molecule has 2 aliphatic heterocycles. The molecule has 2 saturated carbocycles. The number of benzene rings is 1. The first kappa shape index (κ1) is 21.6. The molecule has 0 radical (unpaired) electrons. The van der Waals surface area contributed by atoms with E-state index in [-0.39, 0.29) is 59.8 Å². The first-order valence-electron chi connectivity index (χ1n) is 11.5. The quantitative estimate of drug-likeness (QED) is 0.673. The van der Waals surface area contributed by atoms with Gasteiger partial charge in [-0.25, -0.2) is 4.39 Å². The molecule has 3 heterocycles. The van der Waals surface area contributed by atoms with E-state index in [4.69, 9.17) is 11.6 Å². The maximum Gasteiger partial charge on any atom is 0.295 e. The predicted octanol–water partition coefficient (Wildman–Crippen LogP) is 2.29. The summed E-state index contributed by atoms with van der Waals surface area (Å²) in [6.45, 7) is 0.373. The number of aliphatic hydroxyl groups is 1. The molecule has 178 valence electrons. The van der Waals surface area contributed by atoms with Crippen LogP contribution in [-0.4, -0.2) is 55.6 Å². The third kappa shape index (κ3) is 3.10. The highest BCUT2D eigenvalue weighted by atomic mass is 35.5. The lowest BCUT2D eigenvalue weighted by atomic mass is 9.95. The van der Waals surface area contributed by atoms with E-state index in [0.29, 0.717) is 24.0 Å². The Morgan fingerprint density at radius 1 is 1.15 bits per heavy atom. The number of nitrogens with zero attached hydrogens (tertiary/aromatic N) is 3. The molecule has 6 rings (SSSR count). The fourth-order valence-electron chi connectivity index (χ4n) is 5.52. The Balaban J connectivity index is 1.40. The zero-order valence-electron chi connectivity index (χ0n) is 18.2. The fraction of sp³-hybridized carbons (Fsp3) is 0.458. The van der Waals surface area contributed by atoms with Crippen LogP contribution in [0.15, 0.2) is 23.0 Å². The van der Waals surface area contributed by atoms with Crippen molar-refractivity contribution in [2.24, 2.45) is 11.8 Å². The van der Waals surface area contributed by atoms with Gasteiger partial charge in [-0.05, 0) is 49.3 Å². The second-order valence-electron chi connectivity index (χ2n) is 9.66. The Morgan fingerprint density at radius 2 is 1.91 bits per heavy atom. The van der Waals surface area contributed by atoms with Gasteiger partial charge in [-0.15, -0.1) is 0 Å². The molecule has 0 spiro atoms. The van der Waals surface area contributed by atoms with Crippen molar-refractivity contribution in [2.45, 2.75) is 44.4 Å². The van der Waals surface area contributed by atoms with Gasteiger partial charge in [0.25, 0.3) is 17.4 Å². The zero-order valence-corrected chi connectivity index (χ0v) is 19.0. The average Bonchev–Trinajstić information content (AvgIpc) is 3.74. The van der Waals surface area contributed by atoms with Crippen LogP contribution in [0.5, 0.6) is 5.75 Å². The Kier molecular flexibility index (Phi) is 4.80.